The van der Waals surface area contributed by atoms with Gasteiger partial charge < -0.3 is 5.73 Å². The highest BCUT2D eigenvalue weighted by molar-refractivity contribution is 6.31. The molecule has 0 bridgehead atoms. The van der Waals surface area contributed by atoms with Crippen LogP contribution in [-0.2, 0) is 4.79 Å². The third kappa shape index (κ3) is 2.51. The molecule has 0 atom stereocenters. The number of rotatable bonds is 3. The summed E-state index contributed by atoms with van der Waals surface area (Å²) < 4.78 is 0. The Morgan fingerprint density at radius 2 is 2.50 bits per heavy atom. The maximum Gasteiger partial charge on any atom is 0.218 e. The van der Waals surface area contributed by atoms with Crippen LogP contribution in [0.15, 0.2) is 18.3 Å². The van der Waals surface area contributed by atoms with Crippen LogP contribution >= 0.6 is 11.6 Å². The van der Waals surface area contributed by atoms with E-state index >= 15 is 0 Å². The minimum absolute atomic E-state index is 0.163. The van der Waals surface area contributed by atoms with Gasteiger partial charge in [0.05, 0.1) is 10.7 Å². The number of hydrogen-bond acceptors (Lipinski definition) is 2. The van der Waals surface area contributed by atoms with Crippen LogP contribution in [0.3, 0.4) is 0 Å². The molecule has 1 radical (unpaired) electrons. The summed E-state index contributed by atoms with van der Waals surface area (Å²) in [5, 5.41) is 0.527. The molecule has 63 valence electrons. The highest BCUT2D eigenvalue weighted by atomic mass is 35.5. The molecule has 3 nitrogen and oxygen atoms in total. The molecule has 0 aromatic carbocycles. The Labute approximate surface area is 75.6 Å². The number of carbonyl (C=O) groups excluding carboxylic acids is 1. The second kappa shape index (κ2) is 4.07. The summed E-state index contributed by atoms with van der Waals surface area (Å²) in [5.41, 5.74) is 5.54. The summed E-state index contributed by atoms with van der Waals surface area (Å²) in [4.78, 5) is 14.4. The minimum atomic E-state index is -0.392. The van der Waals surface area contributed by atoms with E-state index in [0.29, 0.717) is 10.7 Å². The maximum atomic E-state index is 10.4. The van der Waals surface area contributed by atoms with Crippen molar-refractivity contribution in [2.75, 3.05) is 0 Å². The van der Waals surface area contributed by atoms with Gasteiger partial charge in [0.25, 0.3) is 0 Å². The fraction of sp³-hybridized carbons (Fsp3) is 0.125. The Hall–Kier alpha value is -1.09. The first kappa shape index (κ1) is 9.00. The van der Waals surface area contributed by atoms with Crippen LogP contribution in [-0.4, -0.2) is 10.9 Å². The second-order valence-corrected chi connectivity index (χ2v) is 2.65. The summed E-state index contributed by atoms with van der Waals surface area (Å²) in [6, 6.07) is 3.44. The number of amides is 1. The van der Waals surface area contributed by atoms with Gasteiger partial charge in [0.2, 0.25) is 5.91 Å². The standard InChI is InChI=1S/C8H8ClN2O/c9-6-2-1-5-11-7(6)3-4-8(10)12/h1-3,5H,4H2,(H2,10,12). The molecule has 4 heteroatoms. The van der Waals surface area contributed by atoms with Crippen LogP contribution < -0.4 is 5.73 Å². The van der Waals surface area contributed by atoms with E-state index in [0.717, 1.165) is 0 Å². The molecule has 0 spiro atoms. The summed E-state index contributed by atoms with van der Waals surface area (Å²) in [7, 11) is 0. The Morgan fingerprint density at radius 3 is 3.08 bits per heavy atom. The number of primary amides is 1. The van der Waals surface area contributed by atoms with E-state index in [-0.39, 0.29) is 6.42 Å². The smallest absolute Gasteiger partial charge is 0.218 e. The average Bonchev–Trinajstić information content (AvgIpc) is 2.03. The van der Waals surface area contributed by atoms with E-state index in [1.807, 2.05) is 0 Å². The van der Waals surface area contributed by atoms with E-state index in [9.17, 15) is 4.79 Å². The Morgan fingerprint density at radius 1 is 1.75 bits per heavy atom. The van der Waals surface area contributed by atoms with E-state index in [2.05, 4.69) is 4.98 Å². The molecule has 0 aliphatic carbocycles. The molecule has 0 aliphatic rings. The number of nitrogens with zero attached hydrogens (tertiary/aromatic N) is 1. The summed E-state index contributed by atoms with van der Waals surface area (Å²) >= 11 is 5.76. The number of nitrogens with two attached hydrogens (primary N) is 1. The first-order valence-electron chi connectivity index (χ1n) is 3.42. The maximum absolute atomic E-state index is 10.4. The topological polar surface area (TPSA) is 56.0 Å². The monoisotopic (exact) mass is 183 g/mol. The highest BCUT2D eigenvalue weighted by Crippen LogP contribution is 2.14. The lowest BCUT2D eigenvalue weighted by atomic mass is 10.2. The molecular weight excluding hydrogens is 176 g/mol. The number of hydrogen-bond donors (Lipinski definition) is 1. The van der Waals surface area contributed by atoms with Crippen LogP contribution in [0.1, 0.15) is 12.1 Å². The molecule has 2 N–H and O–H groups in total. The van der Waals surface area contributed by atoms with Gasteiger partial charge in [0.15, 0.2) is 0 Å². The van der Waals surface area contributed by atoms with E-state index in [1.165, 1.54) is 0 Å². The highest BCUT2D eigenvalue weighted by Gasteiger charge is 2.02. The third-order valence-electron chi connectivity index (χ3n) is 1.28. The van der Waals surface area contributed by atoms with Crippen LogP contribution in [0.25, 0.3) is 0 Å². The van der Waals surface area contributed by atoms with Gasteiger partial charge in [0, 0.05) is 19.0 Å². The number of carbonyl (C=O) groups is 1. The number of aromatic nitrogens is 1. The molecule has 0 aliphatic heterocycles. The Bertz CT molecular complexity index is 288. The van der Waals surface area contributed by atoms with Crippen molar-refractivity contribution in [3.8, 4) is 0 Å². The van der Waals surface area contributed by atoms with E-state index in [1.54, 1.807) is 24.8 Å². The van der Waals surface area contributed by atoms with Crippen molar-refractivity contribution in [3.63, 3.8) is 0 Å². The molecule has 0 fully saturated rings. The van der Waals surface area contributed by atoms with Crippen molar-refractivity contribution in [3.05, 3.63) is 35.5 Å². The second-order valence-electron chi connectivity index (χ2n) is 2.25. The molecule has 0 saturated heterocycles. The average molecular weight is 184 g/mol. The van der Waals surface area contributed by atoms with Gasteiger partial charge in [-0.05, 0) is 12.1 Å². The summed E-state index contributed by atoms with van der Waals surface area (Å²) in [6.07, 6.45) is 3.38. The third-order valence-corrected chi connectivity index (χ3v) is 1.60. The van der Waals surface area contributed by atoms with E-state index < -0.39 is 5.91 Å². The Balaban J connectivity index is 2.63. The lowest BCUT2D eigenvalue weighted by Crippen LogP contribution is -2.10. The minimum Gasteiger partial charge on any atom is -0.370 e. The molecule has 0 unspecified atom stereocenters. The summed E-state index contributed by atoms with van der Waals surface area (Å²) in [5.74, 6) is -0.392. The molecule has 1 rings (SSSR count). The van der Waals surface area contributed by atoms with Crippen molar-refractivity contribution in [1.29, 1.82) is 0 Å². The van der Waals surface area contributed by atoms with Crippen LogP contribution in [0, 0.1) is 6.42 Å². The fourth-order valence-electron chi connectivity index (χ4n) is 0.745. The lowest BCUT2D eigenvalue weighted by Gasteiger charge is -1.98. The van der Waals surface area contributed by atoms with Gasteiger partial charge in [-0.25, -0.2) is 0 Å². The molecule has 1 heterocycles. The molecule has 0 saturated carbocycles. The van der Waals surface area contributed by atoms with Gasteiger partial charge in [0.1, 0.15) is 0 Å². The van der Waals surface area contributed by atoms with Gasteiger partial charge in [-0.2, -0.15) is 0 Å². The van der Waals surface area contributed by atoms with Gasteiger partial charge in [-0.15, -0.1) is 0 Å². The van der Waals surface area contributed by atoms with Gasteiger partial charge >= 0.3 is 0 Å². The predicted molar refractivity (Wildman–Crippen MR) is 46.5 cm³/mol. The number of pyridine rings is 1. The SMILES string of the molecule is NC(=O)C[CH]c1ncccc1Cl. The predicted octanol–water partition coefficient (Wildman–Crippen LogP) is 1.16. The van der Waals surface area contributed by atoms with Crippen molar-refractivity contribution < 1.29 is 4.79 Å². The Kier molecular flexibility index (Phi) is 3.05. The van der Waals surface area contributed by atoms with Crippen molar-refractivity contribution in [2.24, 2.45) is 5.73 Å². The number of halogens is 1. The van der Waals surface area contributed by atoms with Crippen molar-refractivity contribution >= 4 is 17.5 Å². The zero-order valence-corrected chi connectivity index (χ0v) is 7.08. The quantitative estimate of drug-likeness (QED) is 0.765. The lowest BCUT2D eigenvalue weighted by molar-refractivity contribution is -0.117. The normalized spacial score (nSPS) is 9.75. The molecule has 1 amide bonds. The van der Waals surface area contributed by atoms with Crippen LogP contribution in [0.2, 0.25) is 5.02 Å². The molecule has 1 aromatic rings. The van der Waals surface area contributed by atoms with Gasteiger partial charge in [-0.1, -0.05) is 11.6 Å². The van der Waals surface area contributed by atoms with Crippen LogP contribution in [0.4, 0.5) is 0 Å². The summed E-state index contributed by atoms with van der Waals surface area (Å²) in [6.45, 7) is 0. The fourth-order valence-corrected chi connectivity index (χ4v) is 0.944. The zero-order valence-electron chi connectivity index (χ0n) is 6.33. The molecule has 1 aromatic heterocycles. The first-order valence-corrected chi connectivity index (χ1v) is 3.80. The zero-order chi connectivity index (χ0) is 8.97. The first-order chi connectivity index (χ1) is 5.70. The van der Waals surface area contributed by atoms with E-state index in [4.69, 9.17) is 17.3 Å². The van der Waals surface area contributed by atoms with Crippen LogP contribution in [0.5, 0.6) is 0 Å². The van der Waals surface area contributed by atoms with Crippen molar-refractivity contribution in [1.82, 2.24) is 4.98 Å². The molecule has 12 heavy (non-hydrogen) atoms. The largest absolute Gasteiger partial charge is 0.370 e. The molecular formula is C8H8ClN2O. The van der Waals surface area contributed by atoms with Gasteiger partial charge in [-0.3, -0.25) is 9.78 Å². The van der Waals surface area contributed by atoms with Crippen molar-refractivity contribution in [2.45, 2.75) is 6.42 Å².